The monoisotopic (exact) mass is 490 g/mol. The van der Waals surface area contributed by atoms with Crippen molar-refractivity contribution in [2.45, 2.75) is 35.7 Å². The van der Waals surface area contributed by atoms with E-state index in [1.54, 1.807) is 12.0 Å². The quantitative estimate of drug-likeness (QED) is 0.251. The van der Waals surface area contributed by atoms with Crippen molar-refractivity contribution < 1.29 is 21.3 Å². The Labute approximate surface area is 199 Å². The van der Waals surface area contributed by atoms with E-state index >= 15 is 0 Å². The number of benzene rings is 4. The molecule has 6 rings (SSSR count). The van der Waals surface area contributed by atoms with Crippen molar-refractivity contribution >= 4 is 6.48 Å². The molecular weight excluding hydrogens is 464 g/mol. The molecule has 0 aliphatic heterocycles. The van der Waals surface area contributed by atoms with E-state index in [9.17, 15) is 0 Å². The third-order valence-corrected chi connectivity index (χ3v) is 16.0. The van der Waals surface area contributed by atoms with Crippen LogP contribution in [0.25, 0.3) is 11.1 Å². The van der Waals surface area contributed by atoms with Crippen LogP contribution in [0.2, 0.25) is 3.63 Å². The molecule has 0 saturated heterocycles. The summed E-state index contributed by atoms with van der Waals surface area (Å²) in [5, 5.41) is 0. The maximum absolute atomic E-state index is 2.52. The van der Waals surface area contributed by atoms with E-state index in [1.165, 1.54) is 53.5 Å². The Bertz CT molecular complexity index is 1240. The average Bonchev–Trinajstić information content (AvgIpc) is 3.52. The molecule has 0 heterocycles. The molecule has 0 radical (unpaired) electrons. The summed E-state index contributed by atoms with van der Waals surface area (Å²) in [5.74, 6) is 0. The topological polar surface area (TPSA) is 0 Å². The molecule has 0 aromatic heterocycles. The van der Waals surface area contributed by atoms with Crippen molar-refractivity contribution in [1.29, 1.82) is 0 Å². The average molecular weight is 492 g/mol. The van der Waals surface area contributed by atoms with Gasteiger partial charge in [0.05, 0.1) is 0 Å². The molecular formula is C31H28Zr. The van der Waals surface area contributed by atoms with Crippen LogP contribution in [0.15, 0.2) is 103 Å². The fraction of sp³-hybridized carbons (Fsp3) is 0.194. The van der Waals surface area contributed by atoms with Crippen LogP contribution in [0.3, 0.4) is 0 Å². The van der Waals surface area contributed by atoms with Gasteiger partial charge in [0.1, 0.15) is 0 Å². The van der Waals surface area contributed by atoms with Gasteiger partial charge in [-0.2, -0.15) is 0 Å². The van der Waals surface area contributed by atoms with Crippen LogP contribution in [0, 0.1) is 0 Å². The molecule has 1 heteroatoms. The summed E-state index contributed by atoms with van der Waals surface area (Å²) in [4.78, 5) is 0. The van der Waals surface area contributed by atoms with E-state index < -0.39 is 21.3 Å². The molecule has 0 spiro atoms. The van der Waals surface area contributed by atoms with Crippen LogP contribution in [0.5, 0.6) is 0 Å². The summed E-state index contributed by atoms with van der Waals surface area (Å²) >= 11 is -2.26. The number of hydrogen-bond donors (Lipinski definition) is 0. The first-order chi connectivity index (χ1) is 15.9. The van der Waals surface area contributed by atoms with E-state index in [2.05, 4.69) is 103 Å². The first kappa shape index (κ1) is 20.3. The van der Waals surface area contributed by atoms with Gasteiger partial charge in [-0.15, -0.1) is 0 Å². The van der Waals surface area contributed by atoms with Crippen LogP contribution < -0.4 is 3.27 Å². The van der Waals surface area contributed by atoms with Crippen LogP contribution >= 0.6 is 0 Å². The van der Waals surface area contributed by atoms with E-state index in [-0.39, 0.29) is 0 Å². The van der Waals surface area contributed by atoms with Gasteiger partial charge >= 0.3 is 200 Å². The van der Waals surface area contributed by atoms with Gasteiger partial charge in [0.25, 0.3) is 0 Å². The zero-order valence-electron chi connectivity index (χ0n) is 18.4. The van der Waals surface area contributed by atoms with Gasteiger partial charge in [-0.1, -0.05) is 0 Å². The molecule has 2 aliphatic carbocycles. The van der Waals surface area contributed by atoms with Gasteiger partial charge in [-0.3, -0.25) is 0 Å². The van der Waals surface area contributed by atoms with Gasteiger partial charge in [-0.05, 0) is 0 Å². The summed E-state index contributed by atoms with van der Waals surface area (Å²) in [6.07, 6.45) is 6.74. The van der Waals surface area contributed by atoms with Crippen molar-refractivity contribution in [3.05, 3.63) is 125 Å². The molecule has 156 valence electrons. The van der Waals surface area contributed by atoms with Crippen molar-refractivity contribution in [2.75, 3.05) is 0 Å². The molecule has 1 fully saturated rings. The molecule has 4 aromatic carbocycles. The maximum atomic E-state index is 2.52. The van der Waals surface area contributed by atoms with Crippen LogP contribution in [-0.2, 0) is 27.7 Å². The second-order valence-corrected chi connectivity index (χ2v) is 15.8. The third kappa shape index (κ3) is 3.62. The van der Waals surface area contributed by atoms with Gasteiger partial charge < -0.3 is 0 Å². The van der Waals surface area contributed by atoms with Crippen molar-refractivity contribution in [1.82, 2.24) is 0 Å². The van der Waals surface area contributed by atoms with E-state index in [1.807, 2.05) is 0 Å². The minimum atomic E-state index is -2.26. The molecule has 4 aromatic rings. The Hall–Kier alpha value is -2.37. The zero-order chi connectivity index (χ0) is 21.3. The van der Waals surface area contributed by atoms with Crippen LogP contribution in [-0.4, -0.2) is 3.21 Å². The standard InChI is InChI=1S/C13H9.C13H10.C5H9.Zr/c1-3-7-12-10(5-1)9-11-6-2-4-8-13(11)12;1-3-7-12(8-4-1)11-13-9-5-2-6-10-13;1-2-4-5-3-1;/h1-5,7-8H,9H2;1-10H;1H,2-5H2;. The van der Waals surface area contributed by atoms with Crippen molar-refractivity contribution in [3.63, 3.8) is 0 Å². The van der Waals surface area contributed by atoms with Crippen molar-refractivity contribution in [3.8, 4) is 11.1 Å². The van der Waals surface area contributed by atoms with Gasteiger partial charge in [0.2, 0.25) is 0 Å². The summed E-state index contributed by atoms with van der Waals surface area (Å²) in [7, 11) is 0. The minimum absolute atomic E-state index is 0.892. The van der Waals surface area contributed by atoms with E-state index in [4.69, 9.17) is 0 Å². The van der Waals surface area contributed by atoms with Gasteiger partial charge in [0, 0.05) is 0 Å². The molecule has 0 nitrogen and oxygen atoms in total. The van der Waals surface area contributed by atoms with E-state index in [0.29, 0.717) is 0 Å². The first-order valence-corrected chi connectivity index (χ1v) is 15.8. The Morgan fingerprint density at radius 1 is 0.594 bits per heavy atom. The van der Waals surface area contributed by atoms with Crippen LogP contribution in [0.1, 0.15) is 47.9 Å². The second-order valence-electron chi connectivity index (χ2n) is 9.17. The SMILES string of the molecule is c1ccc([C](c2ccccc2)=[Zr]([c]2cccc3c2Cc2ccccc2-3)[CH]2CCCC2)cc1. The van der Waals surface area contributed by atoms with Crippen LogP contribution in [0.4, 0.5) is 0 Å². The summed E-state index contributed by atoms with van der Waals surface area (Å²) in [6, 6.07) is 38.9. The number of hydrogen-bond acceptors (Lipinski definition) is 0. The molecule has 1 saturated carbocycles. The Morgan fingerprint density at radius 3 is 1.88 bits per heavy atom. The number of rotatable bonds is 4. The molecule has 0 N–H and O–H groups in total. The predicted molar refractivity (Wildman–Crippen MR) is 133 cm³/mol. The zero-order valence-corrected chi connectivity index (χ0v) is 20.9. The van der Waals surface area contributed by atoms with E-state index in [0.717, 1.165) is 10.0 Å². The molecule has 0 amide bonds. The van der Waals surface area contributed by atoms with Crippen molar-refractivity contribution in [2.24, 2.45) is 0 Å². The first-order valence-electron chi connectivity index (χ1n) is 12.0. The molecule has 0 unspecified atom stereocenters. The fourth-order valence-corrected chi connectivity index (χ4v) is 15.4. The van der Waals surface area contributed by atoms with Gasteiger partial charge in [0.15, 0.2) is 0 Å². The Balaban J connectivity index is 1.65. The van der Waals surface area contributed by atoms with Gasteiger partial charge in [-0.25, -0.2) is 0 Å². The molecule has 0 atom stereocenters. The predicted octanol–water partition coefficient (Wildman–Crippen LogP) is 7.13. The molecule has 2 aliphatic rings. The Kier molecular flexibility index (Phi) is 5.62. The fourth-order valence-electron chi connectivity index (χ4n) is 5.87. The Morgan fingerprint density at radius 2 is 1.19 bits per heavy atom. The molecule has 0 bridgehead atoms. The summed E-state index contributed by atoms with van der Waals surface area (Å²) < 4.78 is 4.34. The normalized spacial score (nSPS) is 14.8. The summed E-state index contributed by atoms with van der Waals surface area (Å²) in [5.41, 5.74) is 9.00. The third-order valence-electron chi connectivity index (χ3n) is 7.30. The molecule has 32 heavy (non-hydrogen) atoms. The summed E-state index contributed by atoms with van der Waals surface area (Å²) in [6.45, 7) is 0. The number of fused-ring (bicyclic) bond motifs is 3. The second kappa shape index (κ2) is 8.88.